The molecule has 6 rings (SSSR count). The molecule has 42 heavy (non-hydrogen) atoms. The fraction of sp³-hybridized carbons (Fsp3) is 0.861. The van der Waals surface area contributed by atoms with Gasteiger partial charge in [0.25, 0.3) is 0 Å². The number of rotatable bonds is 2. The Hall–Kier alpha value is -1.69. The van der Waals surface area contributed by atoms with Gasteiger partial charge in [0.2, 0.25) is 5.91 Å². The first-order chi connectivity index (χ1) is 19.5. The van der Waals surface area contributed by atoms with Crippen LogP contribution >= 0.6 is 0 Å². The van der Waals surface area contributed by atoms with Gasteiger partial charge in [-0.15, -0.1) is 0 Å². The van der Waals surface area contributed by atoms with Gasteiger partial charge in [-0.3, -0.25) is 14.4 Å². The summed E-state index contributed by atoms with van der Waals surface area (Å²) in [6, 6.07) is 0. The van der Waals surface area contributed by atoms with Crippen molar-refractivity contribution < 1.29 is 23.9 Å². The number of morpholine rings is 1. The molecule has 6 heteroatoms. The van der Waals surface area contributed by atoms with Crippen molar-refractivity contribution >= 4 is 17.7 Å². The Labute approximate surface area is 253 Å². The Balaban J connectivity index is 1.36. The lowest BCUT2D eigenvalue weighted by atomic mass is 9.33. The lowest BCUT2D eigenvalue weighted by Gasteiger charge is -2.70. The highest BCUT2D eigenvalue weighted by Crippen LogP contribution is 2.75. The van der Waals surface area contributed by atoms with Gasteiger partial charge in [-0.1, -0.05) is 54.0 Å². The quantitative estimate of drug-likeness (QED) is 0.337. The lowest BCUT2D eigenvalue weighted by molar-refractivity contribution is -0.210. The second kappa shape index (κ2) is 9.65. The van der Waals surface area contributed by atoms with Crippen LogP contribution in [0.2, 0.25) is 0 Å². The van der Waals surface area contributed by atoms with E-state index in [4.69, 9.17) is 9.47 Å². The van der Waals surface area contributed by atoms with E-state index in [-0.39, 0.29) is 56.9 Å². The Morgan fingerprint density at radius 1 is 0.905 bits per heavy atom. The summed E-state index contributed by atoms with van der Waals surface area (Å²) in [4.78, 5) is 42.6. The summed E-state index contributed by atoms with van der Waals surface area (Å²) in [6.45, 7) is 20.6. The minimum atomic E-state index is -0.399. The highest BCUT2D eigenvalue weighted by Gasteiger charge is 2.70. The van der Waals surface area contributed by atoms with Gasteiger partial charge in [-0.05, 0) is 97.4 Å². The summed E-state index contributed by atoms with van der Waals surface area (Å²) < 4.78 is 11.4. The fourth-order valence-corrected chi connectivity index (χ4v) is 11.9. The van der Waals surface area contributed by atoms with Crippen molar-refractivity contribution in [3.05, 3.63) is 11.6 Å². The molecule has 9 atom stereocenters. The molecule has 0 radical (unpaired) electrons. The molecule has 6 aliphatic rings. The summed E-state index contributed by atoms with van der Waals surface area (Å²) in [5.41, 5.74) is 0.573. The zero-order valence-electron chi connectivity index (χ0n) is 27.6. The van der Waals surface area contributed by atoms with Crippen molar-refractivity contribution in [2.75, 3.05) is 26.3 Å². The zero-order valence-corrected chi connectivity index (χ0v) is 27.6. The van der Waals surface area contributed by atoms with Gasteiger partial charge < -0.3 is 14.4 Å². The van der Waals surface area contributed by atoms with Crippen LogP contribution < -0.4 is 0 Å². The van der Waals surface area contributed by atoms with Crippen LogP contribution in [-0.2, 0) is 23.9 Å². The molecule has 0 N–H and O–H groups in total. The van der Waals surface area contributed by atoms with Crippen LogP contribution in [0, 0.1) is 50.2 Å². The molecule has 1 heterocycles. The van der Waals surface area contributed by atoms with Crippen molar-refractivity contribution in [1.82, 2.24) is 4.90 Å². The van der Waals surface area contributed by atoms with Gasteiger partial charge in [0.1, 0.15) is 6.10 Å². The number of nitrogens with zero attached hydrogens (tertiary/aromatic N) is 1. The number of hydrogen-bond donors (Lipinski definition) is 0. The first-order valence-electron chi connectivity index (χ1n) is 16.8. The number of amides is 1. The Morgan fingerprint density at radius 3 is 2.24 bits per heavy atom. The molecule has 0 aromatic heterocycles. The van der Waals surface area contributed by atoms with E-state index in [9.17, 15) is 14.4 Å². The third-order valence-corrected chi connectivity index (χ3v) is 14.6. The molecular formula is C36H55NO5. The zero-order chi connectivity index (χ0) is 30.5. The maximum absolute atomic E-state index is 14.6. The molecule has 4 saturated carbocycles. The minimum Gasteiger partial charge on any atom is -0.462 e. The largest absolute Gasteiger partial charge is 0.462 e. The second-order valence-corrected chi connectivity index (χ2v) is 17.1. The molecule has 0 aromatic rings. The van der Waals surface area contributed by atoms with E-state index in [1.165, 1.54) is 12.5 Å². The molecule has 0 aromatic carbocycles. The van der Waals surface area contributed by atoms with Gasteiger partial charge in [-0.25, -0.2) is 0 Å². The third-order valence-electron chi connectivity index (χ3n) is 14.6. The number of fused-ring (bicyclic) bond motifs is 7. The van der Waals surface area contributed by atoms with E-state index in [1.807, 2.05) is 4.90 Å². The van der Waals surface area contributed by atoms with Crippen molar-refractivity contribution in [3.8, 4) is 0 Å². The summed E-state index contributed by atoms with van der Waals surface area (Å²) in [6.07, 6.45) is 10.9. The predicted octanol–water partition coefficient (Wildman–Crippen LogP) is 6.76. The highest BCUT2D eigenvalue weighted by atomic mass is 16.5. The number of esters is 1. The number of carbonyl (C=O) groups is 3. The molecule has 234 valence electrons. The second-order valence-electron chi connectivity index (χ2n) is 17.1. The Bertz CT molecular complexity index is 1200. The van der Waals surface area contributed by atoms with Gasteiger partial charge in [-0.2, -0.15) is 0 Å². The SMILES string of the molecule is CC(=O)O[C@@H]1CC[C@]2(C)[C@H](CC[C@]3(C)[C@@H]2C(=O)C=C2[C@@H]4C[C@](C)(C(=O)N5CCOCC5)CC[C@]4(C)CC[C@]23C)C1(C)C. The van der Waals surface area contributed by atoms with E-state index in [1.54, 1.807) is 0 Å². The average molecular weight is 582 g/mol. The van der Waals surface area contributed by atoms with Crippen molar-refractivity contribution in [2.45, 2.75) is 119 Å². The van der Waals surface area contributed by atoms with Gasteiger partial charge in [0, 0.05) is 36.8 Å². The van der Waals surface area contributed by atoms with E-state index < -0.39 is 5.41 Å². The van der Waals surface area contributed by atoms with Crippen molar-refractivity contribution in [2.24, 2.45) is 50.2 Å². The lowest BCUT2D eigenvalue weighted by Crippen LogP contribution is -2.67. The Morgan fingerprint density at radius 2 is 1.57 bits per heavy atom. The summed E-state index contributed by atoms with van der Waals surface area (Å²) >= 11 is 0. The average Bonchev–Trinajstić information content (AvgIpc) is 2.92. The first kappa shape index (κ1) is 30.3. The topological polar surface area (TPSA) is 72.9 Å². The van der Waals surface area contributed by atoms with Crippen LogP contribution in [0.4, 0.5) is 0 Å². The minimum absolute atomic E-state index is 0.0376. The summed E-state index contributed by atoms with van der Waals surface area (Å²) in [5.74, 6) is 0.930. The number of ether oxygens (including phenoxy) is 2. The molecule has 0 unspecified atom stereocenters. The molecule has 5 aliphatic carbocycles. The van der Waals surface area contributed by atoms with Crippen LogP contribution in [-0.4, -0.2) is 55.0 Å². The normalized spacial score (nSPS) is 48.1. The van der Waals surface area contributed by atoms with Crippen molar-refractivity contribution in [1.29, 1.82) is 0 Å². The Kier molecular flexibility index (Phi) is 6.97. The number of allylic oxidation sites excluding steroid dienone is 2. The number of ketones is 1. The third kappa shape index (κ3) is 4.08. The van der Waals surface area contributed by atoms with Gasteiger partial charge >= 0.3 is 5.97 Å². The number of carbonyl (C=O) groups excluding carboxylic acids is 3. The van der Waals surface area contributed by atoms with Gasteiger partial charge in [0.15, 0.2) is 5.78 Å². The van der Waals surface area contributed by atoms with Crippen LogP contribution in [0.15, 0.2) is 11.6 Å². The molecule has 0 spiro atoms. The van der Waals surface area contributed by atoms with Crippen LogP contribution in [0.5, 0.6) is 0 Å². The maximum Gasteiger partial charge on any atom is 0.302 e. The predicted molar refractivity (Wildman–Crippen MR) is 162 cm³/mol. The van der Waals surface area contributed by atoms with E-state index >= 15 is 0 Å². The molecule has 0 bridgehead atoms. The molecule has 1 aliphatic heterocycles. The van der Waals surface area contributed by atoms with Crippen LogP contribution in [0.3, 0.4) is 0 Å². The molecule has 6 nitrogen and oxygen atoms in total. The molecule has 1 amide bonds. The van der Waals surface area contributed by atoms with E-state index in [2.05, 4.69) is 54.5 Å². The first-order valence-corrected chi connectivity index (χ1v) is 16.8. The summed E-state index contributed by atoms with van der Waals surface area (Å²) in [7, 11) is 0. The molecular weight excluding hydrogens is 526 g/mol. The maximum atomic E-state index is 14.6. The standard InChI is InChI=1S/C36H55NO5/c1-23(38)42-28-10-11-34(6)27(31(28,2)3)9-12-36(8)29(34)26(39)21-24-25-22-33(5,30(40)37-17-19-41-20-18-37)14-13-32(25,4)15-16-35(24,36)7/h21,25,27-29H,9-20,22H2,1-8H3/t25-,27+,28+,29+,32+,33+,34+,35+,36+/m0/s1. The number of hydrogen-bond acceptors (Lipinski definition) is 5. The van der Waals surface area contributed by atoms with Gasteiger partial charge in [0.05, 0.1) is 13.2 Å². The highest BCUT2D eigenvalue weighted by molar-refractivity contribution is 5.95. The van der Waals surface area contributed by atoms with Crippen LogP contribution in [0.25, 0.3) is 0 Å². The van der Waals surface area contributed by atoms with Crippen molar-refractivity contribution in [3.63, 3.8) is 0 Å². The van der Waals surface area contributed by atoms with E-state index in [0.29, 0.717) is 38.0 Å². The van der Waals surface area contributed by atoms with E-state index in [0.717, 1.165) is 57.8 Å². The molecule has 5 fully saturated rings. The molecule has 1 saturated heterocycles. The smallest absolute Gasteiger partial charge is 0.302 e. The summed E-state index contributed by atoms with van der Waals surface area (Å²) in [5, 5.41) is 0. The fourth-order valence-electron chi connectivity index (χ4n) is 11.9. The monoisotopic (exact) mass is 581 g/mol. The van der Waals surface area contributed by atoms with Crippen LogP contribution in [0.1, 0.15) is 113 Å².